The number of hydrogen-bond acceptors (Lipinski definition) is 4. The van der Waals surface area contributed by atoms with E-state index in [0.29, 0.717) is 0 Å². The molecule has 5 nitrogen and oxygen atoms in total. The van der Waals surface area contributed by atoms with Gasteiger partial charge in [0.1, 0.15) is 0 Å². The molecule has 5 rings (SSSR count). The average molecular weight is 422 g/mol. The number of nitrogens with zero attached hydrogens (tertiary/aromatic N) is 3. The predicted molar refractivity (Wildman–Crippen MR) is 133 cm³/mol. The van der Waals surface area contributed by atoms with Gasteiger partial charge in [0.2, 0.25) is 5.96 Å². The smallest absolute Gasteiger partial charge is 0.214 e. The van der Waals surface area contributed by atoms with Crippen LogP contribution in [0.15, 0.2) is 95.0 Å². The summed E-state index contributed by atoms with van der Waals surface area (Å²) >= 11 is 0. The van der Waals surface area contributed by atoms with Crippen molar-refractivity contribution < 1.29 is 0 Å². The molecule has 2 heterocycles. The number of aryl methyl sites for hydroxylation is 1. The Morgan fingerprint density at radius 3 is 2.41 bits per heavy atom. The Kier molecular flexibility index (Phi) is 5.71. The third-order valence-corrected chi connectivity index (χ3v) is 5.78. The van der Waals surface area contributed by atoms with Crippen molar-refractivity contribution in [3.05, 3.63) is 96.1 Å². The van der Waals surface area contributed by atoms with Crippen LogP contribution >= 0.6 is 0 Å². The fourth-order valence-corrected chi connectivity index (χ4v) is 4.23. The van der Waals surface area contributed by atoms with Crippen molar-refractivity contribution in [3.8, 4) is 11.3 Å². The largest absolute Gasteiger partial charge is 0.354 e. The molecule has 0 atom stereocenters. The Bertz CT molecular complexity index is 1260. The lowest BCUT2D eigenvalue weighted by molar-refractivity contribution is 0.525. The van der Waals surface area contributed by atoms with Crippen molar-refractivity contribution in [2.24, 2.45) is 10.1 Å². The van der Waals surface area contributed by atoms with Gasteiger partial charge >= 0.3 is 0 Å². The fraction of sp³-hybridized carbons (Fsp3) is 0.185. The highest BCUT2D eigenvalue weighted by molar-refractivity contribution is 6.16. The number of fused-ring (bicyclic) bond motifs is 1. The lowest BCUT2D eigenvalue weighted by atomic mass is 9.97. The Morgan fingerprint density at radius 1 is 0.938 bits per heavy atom. The first-order valence-corrected chi connectivity index (χ1v) is 11.1. The first-order valence-electron chi connectivity index (χ1n) is 11.1. The summed E-state index contributed by atoms with van der Waals surface area (Å²) in [7, 11) is 1.97. The van der Waals surface area contributed by atoms with Gasteiger partial charge in [-0.1, -0.05) is 78.9 Å². The van der Waals surface area contributed by atoms with Crippen molar-refractivity contribution in [2.45, 2.75) is 12.8 Å². The van der Waals surface area contributed by atoms with E-state index in [1.54, 1.807) is 0 Å². The lowest BCUT2D eigenvalue weighted by Gasteiger charge is -2.17. The quantitative estimate of drug-likeness (QED) is 0.338. The maximum atomic E-state index is 5.09. The van der Waals surface area contributed by atoms with Crippen molar-refractivity contribution in [1.82, 2.24) is 15.3 Å². The number of guanidine groups is 1. The Balaban J connectivity index is 1.63. The first-order chi connectivity index (χ1) is 15.8. The van der Waals surface area contributed by atoms with Gasteiger partial charge in [0.25, 0.3) is 0 Å². The van der Waals surface area contributed by atoms with Crippen LogP contribution in [0.25, 0.3) is 22.2 Å². The van der Waals surface area contributed by atoms with Crippen LogP contribution in [0.3, 0.4) is 0 Å². The van der Waals surface area contributed by atoms with Crippen LogP contribution in [-0.4, -0.2) is 41.8 Å². The van der Waals surface area contributed by atoms with Gasteiger partial charge in [-0.2, -0.15) is 5.10 Å². The van der Waals surface area contributed by atoms with E-state index in [1.165, 1.54) is 10.9 Å². The topological polar surface area (TPSA) is 55.8 Å². The van der Waals surface area contributed by atoms with E-state index in [-0.39, 0.29) is 0 Å². The van der Waals surface area contributed by atoms with Crippen LogP contribution < -0.4 is 5.32 Å². The second-order valence-corrected chi connectivity index (χ2v) is 7.97. The number of rotatable bonds is 6. The van der Waals surface area contributed by atoms with Gasteiger partial charge in [0, 0.05) is 30.1 Å². The van der Waals surface area contributed by atoms with E-state index >= 15 is 0 Å². The summed E-state index contributed by atoms with van der Waals surface area (Å²) in [6, 6.07) is 29.6. The number of H-pyrrole nitrogens is 1. The highest BCUT2D eigenvalue weighted by Crippen LogP contribution is 2.32. The average Bonchev–Trinajstić information content (AvgIpc) is 3.51. The fourth-order valence-electron chi connectivity index (χ4n) is 4.23. The third-order valence-electron chi connectivity index (χ3n) is 5.78. The maximum Gasteiger partial charge on any atom is 0.214 e. The molecule has 5 heteroatoms. The molecule has 160 valence electrons. The van der Waals surface area contributed by atoms with Gasteiger partial charge in [-0.05, 0) is 30.0 Å². The molecule has 1 aromatic heterocycles. The highest BCUT2D eigenvalue weighted by atomic mass is 15.5. The molecule has 1 aliphatic rings. The molecule has 0 spiro atoms. The number of benzene rings is 3. The Hall–Kier alpha value is -3.86. The summed E-state index contributed by atoms with van der Waals surface area (Å²) in [4.78, 5) is 8.20. The molecule has 0 amide bonds. The van der Waals surface area contributed by atoms with E-state index in [0.717, 1.165) is 59.9 Å². The SMILES string of the molecule is CN(/N=C(/CCc1ccccc1)c1c(-c2ccccc2)[nH]c2ccccc12)C1=NCCN1. The van der Waals surface area contributed by atoms with Crippen molar-refractivity contribution in [3.63, 3.8) is 0 Å². The van der Waals surface area contributed by atoms with Gasteiger partial charge in [0.15, 0.2) is 0 Å². The molecule has 0 radical (unpaired) electrons. The summed E-state index contributed by atoms with van der Waals surface area (Å²) in [6.45, 7) is 1.65. The molecule has 0 saturated carbocycles. The van der Waals surface area contributed by atoms with E-state index in [9.17, 15) is 0 Å². The van der Waals surface area contributed by atoms with E-state index < -0.39 is 0 Å². The van der Waals surface area contributed by atoms with Crippen LogP contribution in [-0.2, 0) is 6.42 Å². The van der Waals surface area contributed by atoms with Crippen molar-refractivity contribution in [1.29, 1.82) is 0 Å². The molecule has 32 heavy (non-hydrogen) atoms. The summed E-state index contributed by atoms with van der Waals surface area (Å²) in [5.74, 6) is 0.823. The van der Waals surface area contributed by atoms with Crippen molar-refractivity contribution in [2.75, 3.05) is 20.1 Å². The summed E-state index contributed by atoms with van der Waals surface area (Å²) in [5.41, 5.74) is 6.89. The summed E-state index contributed by atoms with van der Waals surface area (Å²) in [5, 5.41) is 11.5. The third kappa shape index (κ3) is 4.14. The minimum atomic E-state index is 0.789. The number of aliphatic imine (C=N–C) groups is 1. The molecule has 1 aliphatic heterocycles. The second-order valence-electron chi connectivity index (χ2n) is 7.97. The number of hydrazone groups is 1. The number of para-hydroxylation sites is 1. The normalized spacial score (nSPS) is 13.8. The molecule has 2 N–H and O–H groups in total. The molecule has 0 saturated heterocycles. The zero-order valence-corrected chi connectivity index (χ0v) is 18.3. The van der Waals surface area contributed by atoms with Crippen LogP contribution in [0.5, 0.6) is 0 Å². The molecule has 0 fully saturated rings. The van der Waals surface area contributed by atoms with Gasteiger partial charge in [-0.15, -0.1) is 0 Å². The number of hydrogen-bond donors (Lipinski definition) is 2. The molecule has 0 aliphatic carbocycles. The zero-order valence-electron chi connectivity index (χ0n) is 18.3. The van der Waals surface area contributed by atoms with E-state index in [4.69, 9.17) is 5.10 Å². The standard InChI is InChI=1S/C27H27N5/c1-32(27-28-18-19-29-27)31-24(17-16-20-10-4-2-5-11-20)25-22-14-8-9-15-23(22)30-26(25)21-12-6-3-7-13-21/h2-15,30H,16-19H2,1H3,(H,28,29)/b31-24-. The maximum absolute atomic E-state index is 5.09. The van der Waals surface area contributed by atoms with E-state index in [1.807, 2.05) is 18.1 Å². The molecule has 3 aromatic carbocycles. The number of nitrogens with one attached hydrogen (secondary N) is 2. The first kappa shape index (κ1) is 20.1. The summed E-state index contributed by atoms with van der Waals surface area (Å²) < 4.78 is 0. The van der Waals surface area contributed by atoms with Crippen LogP contribution in [0, 0.1) is 0 Å². The van der Waals surface area contributed by atoms with Gasteiger partial charge in [0.05, 0.1) is 18.0 Å². The molecular formula is C27H27N5. The Labute approximate surface area is 188 Å². The van der Waals surface area contributed by atoms with E-state index in [2.05, 4.69) is 94.2 Å². The zero-order chi connectivity index (χ0) is 21.8. The Morgan fingerprint density at radius 2 is 1.66 bits per heavy atom. The van der Waals surface area contributed by atoms with Gasteiger partial charge < -0.3 is 10.3 Å². The highest BCUT2D eigenvalue weighted by Gasteiger charge is 2.20. The number of aromatic nitrogens is 1. The van der Waals surface area contributed by atoms with Crippen LogP contribution in [0.1, 0.15) is 17.5 Å². The van der Waals surface area contributed by atoms with Crippen LogP contribution in [0.2, 0.25) is 0 Å². The lowest BCUT2D eigenvalue weighted by Crippen LogP contribution is -2.33. The number of aromatic amines is 1. The molecular weight excluding hydrogens is 394 g/mol. The monoisotopic (exact) mass is 421 g/mol. The minimum Gasteiger partial charge on any atom is -0.354 e. The molecule has 0 unspecified atom stereocenters. The van der Waals surface area contributed by atoms with Gasteiger partial charge in [-0.25, -0.2) is 10.0 Å². The van der Waals surface area contributed by atoms with Crippen LogP contribution in [0.4, 0.5) is 0 Å². The predicted octanol–water partition coefficient (Wildman–Crippen LogP) is 5.06. The van der Waals surface area contributed by atoms with Gasteiger partial charge in [-0.3, -0.25) is 0 Å². The second kappa shape index (κ2) is 9.10. The summed E-state index contributed by atoms with van der Waals surface area (Å²) in [6.07, 6.45) is 1.74. The molecule has 0 bridgehead atoms. The minimum absolute atomic E-state index is 0.789. The molecule has 4 aromatic rings. The van der Waals surface area contributed by atoms with Crippen molar-refractivity contribution >= 4 is 22.6 Å².